The van der Waals surface area contributed by atoms with Gasteiger partial charge in [0, 0.05) is 30.1 Å². The minimum absolute atomic E-state index is 0.0198. The van der Waals surface area contributed by atoms with Crippen molar-refractivity contribution < 1.29 is 14.3 Å². The number of rotatable bonds is 3. The largest absolute Gasteiger partial charge is 0.478 e. The van der Waals surface area contributed by atoms with E-state index in [1.54, 1.807) is 38.1 Å². The van der Waals surface area contributed by atoms with E-state index in [0.717, 1.165) is 12.8 Å². The summed E-state index contributed by atoms with van der Waals surface area (Å²) in [7, 11) is 0. The number of carbonyl (C=O) groups excluding carboxylic acids is 2. The number of ether oxygens (including phenoxy) is 1. The van der Waals surface area contributed by atoms with E-state index in [4.69, 9.17) is 16.3 Å². The maximum Gasteiger partial charge on any atom is 0.266 e. The smallest absolute Gasteiger partial charge is 0.266 e. The summed E-state index contributed by atoms with van der Waals surface area (Å²) in [4.78, 5) is 26.6. The van der Waals surface area contributed by atoms with Crippen molar-refractivity contribution in [3.8, 4) is 5.75 Å². The Morgan fingerprint density at radius 3 is 2.61 bits per heavy atom. The van der Waals surface area contributed by atoms with Crippen molar-refractivity contribution in [3.63, 3.8) is 0 Å². The van der Waals surface area contributed by atoms with Crippen molar-refractivity contribution in [2.45, 2.75) is 50.8 Å². The third kappa shape index (κ3) is 3.29. The van der Waals surface area contributed by atoms with Gasteiger partial charge in [0.15, 0.2) is 5.60 Å². The third-order valence-corrected chi connectivity index (χ3v) is 4.76. The van der Waals surface area contributed by atoms with Crippen molar-refractivity contribution in [1.82, 2.24) is 10.2 Å². The molecule has 2 unspecified atom stereocenters. The number of nitrogens with zero attached hydrogens (tertiary/aromatic N) is 1. The van der Waals surface area contributed by atoms with Gasteiger partial charge in [0.05, 0.1) is 0 Å². The number of nitrogens with one attached hydrogen (secondary N) is 1. The molecule has 1 aromatic rings. The Bertz CT molecular complexity index is 615. The van der Waals surface area contributed by atoms with Gasteiger partial charge in [-0.25, -0.2) is 0 Å². The van der Waals surface area contributed by atoms with Gasteiger partial charge >= 0.3 is 0 Å². The molecule has 3 rings (SSSR count). The average molecular weight is 337 g/mol. The molecule has 124 valence electrons. The van der Waals surface area contributed by atoms with Crippen LogP contribution in [-0.2, 0) is 9.59 Å². The Morgan fingerprint density at radius 2 is 1.91 bits per heavy atom. The van der Waals surface area contributed by atoms with Gasteiger partial charge in [-0.2, -0.15) is 0 Å². The van der Waals surface area contributed by atoms with Crippen LogP contribution in [-0.4, -0.2) is 40.9 Å². The Labute approximate surface area is 140 Å². The molecule has 6 heteroatoms. The second-order valence-electron chi connectivity index (χ2n) is 6.67. The monoisotopic (exact) mass is 336 g/mol. The topological polar surface area (TPSA) is 58.6 Å². The summed E-state index contributed by atoms with van der Waals surface area (Å²) in [6, 6.07) is 7.00. The maximum absolute atomic E-state index is 13.0. The van der Waals surface area contributed by atoms with Crippen molar-refractivity contribution >= 4 is 23.4 Å². The van der Waals surface area contributed by atoms with E-state index in [2.05, 4.69) is 5.32 Å². The van der Waals surface area contributed by atoms with E-state index < -0.39 is 5.60 Å². The zero-order chi connectivity index (χ0) is 16.6. The molecule has 2 bridgehead atoms. The summed E-state index contributed by atoms with van der Waals surface area (Å²) in [6.45, 7) is 4.06. The Hall–Kier alpha value is -1.75. The number of carbonyl (C=O) groups is 2. The highest BCUT2D eigenvalue weighted by Crippen LogP contribution is 2.32. The lowest BCUT2D eigenvalue weighted by Gasteiger charge is -2.35. The minimum atomic E-state index is -0.998. The van der Waals surface area contributed by atoms with Crippen LogP contribution >= 0.6 is 11.6 Å². The zero-order valence-corrected chi connectivity index (χ0v) is 14.1. The summed E-state index contributed by atoms with van der Waals surface area (Å²) >= 11 is 5.88. The SMILES string of the molecule is CC(C)(Oc1ccc(Cl)cc1)C(=O)N1C2CCC1CC(=O)NC2. The minimum Gasteiger partial charge on any atom is -0.478 e. The molecule has 2 fully saturated rings. The van der Waals surface area contributed by atoms with Crippen LogP contribution in [0, 0.1) is 0 Å². The van der Waals surface area contributed by atoms with Crippen LogP contribution < -0.4 is 10.1 Å². The van der Waals surface area contributed by atoms with Gasteiger partial charge < -0.3 is 15.0 Å². The van der Waals surface area contributed by atoms with Crippen LogP contribution in [0.25, 0.3) is 0 Å². The van der Waals surface area contributed by atoms with Gasteiger partial charge in [-0.15, -0.1) is 0 Å². The van der Waals surface area contributed by atoms with Gasteiger partial charge in [0.25, 0.3) is 5.91 Å². The van der Waals surface area contributed by atoms with Crippen molar-refractivity contribution in [3.05, 3.63) is 29.3 Å². The van der Waals surface area contributed by atoms with Crippen LogP contribution in [0.5, 0.6) is 5.75 Å². The lowest BCUT2D eigenvalue weighted by molar-refractivity contribution is -0.148. The standard InChI is InChI=1S/C17H21ClN2O3/c1-17(2,23-14-7-3-11(18)4-8-14)16(22)20-12-5-6-13(20)10-19-15(21)9-12/h3-4,7-8,12-13H,5-6,9-10H2,1-2H3,(H,19,21). The molecule has 2 heterocycles. The fourth-order valence-electron chi connectivity index (χ4n) is 3.36. The van der Waals surface area contributed by atoms with Crippen molar-refractivity contribution in [2.24, 2.45) is 0 Å². The quantitative estimate of drug-likeness (QED) is 0.922. The molecule has 2 atom stereocenters. The maximum atomic E-state index is 13.0. The highest BCUT2D eigenvalue weighted by Gasteiger charge is 2.45. The van der Waals surface area contributed by atoms with E-state index in [-0.39, 0.29) is 23.9 Å². The van der Waals surface area contributed by atoms with Crippen LogP contribution in [0.2, 0.25) is 5.02 Å². The first-order valence-electron chi connectivity index (χ1n) is 7.91. The highest BCUT2D eigenvalue weighted by molar-refractivity contribution is 6.30. The van der Waals surface area contributed by atoms with Gasteiger partial charge in [0.1, 0.15) is 5.75 Å². The molecule has 1 N–H and O–H groups in total. The number of halogens is 1. The molecular formula is C17H21ClN2O3. The van der Waals surface area contributed by atoms with Crippen molar-refractivity contribution in [2.75, 3.05) is 6.54 Å². The fraction of sp³-hybridized carbons (Fsp3) is 0.529. The number of fused-ring (bicyclic) bond motifs is 2. The lowest BCUT2D eigenvalue weighted by Crippen LogP contribution is -2.53. The molecule has 0 spiro atoms. The Kier molecular flexibility index (Phi) is 4.23. The molecule has 2 amide bonds. The van der Waals surface area contributed by atoms with Gasteiger partial charge in [-0.3, -0.25) is 9.59 Å². The first-order valence-corrected chi connectivity index (χ1v) is 8.28. The predicted molar refractivity (Wildman–Crippen MR) is 87.4 cm³/mol. The summed E-state index contributed by atoms with van der Waals surface area (Å²) in [5, 5.41) is 3.50. The normalized spacial score (nSPS) is 24.1. The van der Waals surface area contributed by atoms with Crippen LogP contribution in [0.3, 0.4) is 0 Å². The second kappa shape index (κ2) is 6.04. The molecule has 2 aliphatic heterocycles. The first-order chi connectivity index (χ1) is 10.9. The van der Waals surface area contributed by atoms with Crippen LogP contribution in [0.4, 0.5) is 0 Å². The van der Waals surface area contributed by atoms with Crippen LogP contribution in [0.15, 0.2) is 24.3 Å². The van der Waals surface area contributed by atoms with Crippen molar-refractivity contribution in [1.29, 1.82) is 0 Å². The first kappa shape index (κ1) is 16.1. The molecule has 5 nitrogen and oxygen atoms in total. The average Bonchev–Trinajstić information content (AvgIpc) is 2.80. The van der Waals surface area contributed by atoms with E-state index in [9.17, 15) is 9.59 Å². The fourth-order valence-corrected chi connectivity index (χ4v) is 3.49. The molecule has 0 radical (unpaired) electrons. The number of hydrogen-bond donors (Lipinski definition) is 1. The van der Waals surface area contributed by atoms with E-state index >= 15 is 0 Å². The number of amides is 2. The predicted octanol–water partition coefficient (Wildman–Crippen LogP) is 2.38. The van der Waals surface area contributed by atoms with Gasteiger partial charge in [0.2, 0.25) is 5.91 Å². The Balaban J connectivity index is 1.77. The molecule has 0 aromatic heterocycles. The number of benzene rings is 1. The van der Waals surface area contributed by atoms with E-state index in [0.29, 0.717) is 23.7 Å². The second-order valence-corrected chi connectivity index (χ2v) is 7.11. The molecule has 1 aromatic carbocycles. The summed E-state index contributed by atoms with van der Waals surface area (Å²) in [6.07, 6.45) is 2.17. The van der Waals surface area contributed by atoms with Crippen LogP contribution in [0.1, 0.15) is 33.1 Å². The molecule has 23 heavy (non-hydrogen) atoms. The van der Waals surface area contributed by atoms with E-state index in [1.807, 2.05) is 4.90 Å². The summed E-state index contributed by atoms with van der Waals surface area (Å²) < 4.78 is 5.91. The molecule has 0 aliphatic carbocycles. The van der Waals surface area contributed by atoms with Gasteiger partial charge in [-0.1, -0.05) is 11.6 Å². The molecule has 2 saturated heterocycles. The van der Waals surface area contributed by atoms with E-state index in [1.165, 1.54) is 0 Å². The molecule has 2 aliphatic rings. The van der Waals surface area contributed by atoms with Gasteiger partial charge in [-0.05, 0) is 51.0 Å². The highest BCUT2D eigenvalue weighted by atomic mass is 35.5. The molecule has 0 saturated carbocycles. The zero-order valence-electron chi connectivity index (χ0n) is 13.3. The Morgan fingerprint density at radius 1 is 1.26 bits per heavy atom. The molecular weight excluding hydrogens is 316 g/mol. The third-order valence-electron chi connectivity index (χ3n) is 4.51. The summed E-state index contributed by atoms with van der Waals surface area (Å²) in [5.41, 5.74) is -0.998. The number of hydrogen-bond acceptors (Lipinski definition) is 3. The lowest BCUT2D eigenvalue weighted by atomic mass is 10.1. The summed E-state index contributed by atoms with van der Waals surface area (Å²) in [5.74, 6) is 0.548.